The van der Waals surface area contributed by atoms with Crippen molar-refractivity contribution in [2.24, 2.45) is 0 Å². The van der Waals surface area contributed by atoms with E-state index in [4.69, 9.17) is 11.6 Å². The van der Waals surface area contributed by atoms with Gasteiger partial charge in [0.05, 0.1) is 11.6 Å². The second kappa shape index (κ2) is 7.84. The summed E-state index contributed by atoms with van der Waals surface area (Å²) in [5.41, 5.74) is 1.54. The molecule has 0 aliphatic carbocycles. The Kier molecular flexibility index (Phi) is 6.08. The number of aryl methyl sites for hydroxylation is 1. The van der Waals surface area contributed by atoms with Crippen molar-refractivity contribution in [1.82, 2.24) is 0 Å². The van der Waals surface area contributed by atoms with Gasteiger partial charge in [0.2, 0.25) is 0 Å². The second-order valence-corrected chi connectivity index (χ2v) is 6.21. The monoisotopic (exact) mass is 342 g/mol. The van der Waals surface area contributed by atoms with E-state index in [0.29, 0.717) is 12.6 Å². The van der Waals surface area contributed by atoms with Crippen LogP contribution in [0.15, 0.2) is 48.5 Å². The second-order valence-electron chi connectivity index (χ2n) is 5.78. The van der Waals surface area contributed by atoms with E-state index in [1.54, 1.807) is 12.1 Å². The van der Waals surface area contributed by atoms with Crippen LogP contribution in [-0.2, 0) is 19.1 Å². The SMILES string of the molecule is C[C@H](CCc1ccc(Cl)cc1)[NH2+]Cc1ccc(C(F)(F)F)cc1. The minimum atomic E-state index is -4.27. The standard InChI is InChI=1S/C18H19ClF3N/c1-13(2-3-14-6-10-17(19)11-7-14)23-12-15-4-8-16(9-5-15)18(20,21)22/h4-11,13,23H,2-3,12H2,1H3/p+1/t13-/m1/s1. The smallest absolute Gasteiger partial charge is 0.340 e. The van der Waals surface area contributed by atoms with Crippen LogP contribution in [0.4, 0.5) is 13.2 Å². The molecule has 2 aromatic rings. The van der Waals surface area contributed by atoms with E-state index in [-0.39, 0.29) is 0 Å². The number of nitrogens with two attached hydrogens (primary N) is 1. The molecule has 2 rings (SSSR count). The minimum Gasteiger partial charge on any atom is -0.340 e. The zero-order chi connectivity index (χ0) is 16.9. The van der Waals surface area contributed by atoms with Crippen molar-refractivity contribution in [3.05, 3.63) is 70.2 Å². The summed E-state index contributed by atoms with van der Waals surface area (Å²) in [7, 11) is 0. The Balaban J connectivity index is 1.77. The molecule has 0 saturated heterocycles. The lowest BCUT2D eigenvalue weighted by Crippen LogP contribution is -2.87. The molecule has 2 aromatic carbocycles. The van der Waals surface area contributed by atoms with Crippen molar-refractivity contribution in [3.8, 4) is 0 Å². The average molecular weight is 343 g/mol. The Morgan fingerprint density at radius 3 is 2.09 bits per heavy atom. The van der Waals surface area contributed by atoms with Crippen molar-refractivity contribution < 1.29 is 18.5 Å². The lowest BCUT2D eigenvalue weighted by atomic mass is 10.1. The summed E-state index contributed by atoms with van der Waals surface area (Å²) in [5.74, 6) is 0. The Labute approximate surface area is 139 Å². The van der Waals surface area contributed by atoms with E-state index in [2.05, 4.69) is 12.2 Å². The summed E-state index contributed by atoms with van der Waals surface area (Å²) in [6.07, 6.45) is -2.31. The number of rotatable bonds is 6. The topological polar surface area (TPSA) is 16.6 Å². The highest BCUT2D eigenvalue weighted by molar-refractivity contribution is 6.30. The van der Waals surface area contributed by atoms with E-state index in [1.807, 2.05) is 24.3 Å². The van der Waals surface area contributed by atoms with Crippen LogP contribution in [0.2, 0.25) is 5.02 Å². The predicted molar refractivity (Wildman–Crippen MR) is 86.3 cm³/mol. The van der Waals surface area contributed by atoms with E-state index < -0.39 is 11.7 Å². The molecule has 0 fully saturated rings. The first kappa shape index (κ1) is 17.8. The third-order valence-corrected chi connectivity index (χ3v) is 4.09. The lowest BCUT2D eigenvalue weighted by molar-refractivity contribution is -0.701. The van der Waals surface area contributed by atoms with E-state index in [0.717, 1.165) is 35.6 Å². The van der Waals surface area contributed by atoms with Crippen LogP contribution in [0.3, 0.4) is 0 Å². The van der Waals surface area contributed by atoms with Crippen molar-refractivity contribution in [2.75, 3.05) is 0 Å². The van der Waals surface area contributed by atoms with Gasteiger partial charge in [0, 0.05) is 17.0 Å². The molecule has 0 heterocycles. The highest BCUT2D eigenvalue weighted by Gasteiger charge is 2.29. The molecule has 23 heavy (non-hydrogen) atoms. The van der Waals surface area contributed by atoms with Crippen LogP contribution in [0.5, 0.6) is 0 Å². The van der Waals surface area contributed by atoms with Crippen LogP contribution in [-0.4, -0.2) is 6.04 Å². The highest BCUT2D eigenvalue weighted by Crippen LogP contribution is 2.28. The molecule has 0 saturated carbocycles. The van der Waals surface area contributed by atoms with E-state index in [1.165, 1.54) is 5.56 Å². The van der Waals surface area contributed by atoms with Gasteiger partial charge in [-0.2, -0.15) is 13.2 Å². The van der Waals surface area contributed by atoms with Gasteiger partial charge in [0.15, 0.2) is 0 Å². The predicted octanol–water partition coefficient (Wildman–Crippen LogP) is 4.44. The van der Waals surface area contributed by atoms with Crippen LogP contribution in [0.25, 0.3) is 0 Å². The average Bonchev–Trinajstić information content (AvgIpc) is 2.52. The summed E-state index contributed by atoms with van der Waals surface area (Å²) < 4.78 is 37.5. The molecule has 0 aromatic heterocycles. The number of hydrogen-bond donors (Lipinski definition) is 1. The molecule has 124 valence electrons. The summed E-state index contributed by atoms with van der Waals surface area (Å²) in [4.78, 5) is 0. The first-order valence-corrected chi connectivity index (χ1v) is 7.96. The molecule has 0 aliphatic rings. The maximum absolute atomic E-state index is 12.5. The third-order valence-electron chi connectivity index (χ3n) is 3.84. The molecule has 0 bridgehead atoms. The largest absolute Gasteiger partial charge is 0.416 e. The van der Waals surface area contributed by atoms with E-state index >= 15 is 0 Å². The molecular weight excluding hydrogens is 323 g/mol. The molecule has 1 nitrogen and oxygen atoms in total. The van der Waals surface area contributed by atoms with Gasteiger partial charge in [-0.25, -0.2) is 0 Å². The fourth-order valence-corrected chi connectivity index (χ4v) is 2.46. The summed E-state index contributed by atoms with van der Waals surface area (Å²) >= 11 is 5.85. The Hall–Kier alpha value is -1.52. The summed E-state index contributed by atoms with van der Waals surface area (Å²) in [6.45, 7) is 2.81. The molecular formula is C18H20ClF3N+. The number of benzene rings is 2. The van der Waals surface area contributed by atoms with Crippen LogP contribution in [0, 0.1) is 0 Å². The van der Waals surface area contributed by atoms with Crippen molar-refractivity contribution in [1.29, 1.82) is 0 Å². The Morgan fingerprint density at radius 1 is 0.957 bits per heavy atom. The highest BCUT2D eigenvalue weighted by atomic mass is 35.5. The Bertz CT molecular complexity index is 606. The molecule has 0 amide bonds. The zero-order valence-corrected chi connectivity index (χ0v) is 13.7. The number of halogens is 4. The quantitative estimate of drug-likeness (QED) is 0.799. The van der Waals surface area contributed by atoms with Gasteiger partial charge in [-0.3, -0.25) is 0 Å². The van der Waals surface area contributed by atoms with Gasteiger partial charge in [0.1, 0.15) is 6.54 Å². The fraction of sp³-hybridized carbons (Fsp3) is 0.333. The molecule has 0 unspecified atom stereocenters. The molecule has 0 spiro atoms. The molecule has 2 N–H and O–H groups in total. The molecule has 5 heteroatoms. The third kappa shape index (κ3) is 5.88. The molecule has 0 aliphatic heterocycles. The number of hydrogen-bond acceptors (Lipinski definition) is 0. The van der Waals surface area contributed by atoms with Gasteiger partial charge in [0.25, 0.3) is 0 Å². The van der Waals surface area contributed by atoms with Crippen molar-refractivity contribution in [2.45, 2.75) is 38.5 Å². The van der Waals surface area contributed by atoms with Gasteiger partial charge in [-0.1, -0.05) is 35.9 Å². The molecule has 1 atom stereocenters. The minimum absolute atomic E-state index is 0.396. The van der Waals surface area contributed by atoms with Gasteiger partial charge < -0.3 is 5.32 Å². The van der Waals surface area contributed by atoms with Gasteiger partial charge >= 0.3 is 6.18 Å². The summed E-state index contributed by atoms with van der Waals surface area (Å²) in [6, 6.07) is 13.6. The number of alkyl halides is 3. The maximum atomic E-state index is 12.5. The lowest BCUT2D eigenvalue weighted by Gasteiger charge is -2.12. The zero-order valence-electron chi connectivity index (χ0n) is 12.9. The number of quaternary nitrogens is 1. The Morgan fingerprint density at radius 2 is 1.52 bits per heavy atom. The van der Waals surface area contributed by atoms with Crippen LogP contribution in [0.1, 0.15) is 30.0 Å². The van der Waals surface area contributed by atoms with Crippen LogP contribution >= 0.6 is 11.6 Å². The first-order valence-electron chi connectivity index (χ1n) is 7.58. The molecule has 0 radical (unpaired) electrons. The normalized spacial score (nSPS) is 13.1. The summed E-state index contributed by atoms with van der Waals surface area (Å²) in [5, 5.41) is 2.88. The first-order chi connectivity index (χ1) is 10.8. The van der Waals surface area contributed by atoms with E-state index in [9.17, 15) is 13.2 Å². The fourth-order valence-electron chi connectivity index (χ4n) is 2.33. The maximum Gasteiger partial charge on any atom is 0.416 e. The van der Waals surface area contributed by atoms with Crippen molar-refractivity contribution >= 4 is 11.6 Å². The van der Waals surface area contributed by atoms with Crippen LogP contribution < -0.4 is 5.32 Å². The van der Waals surface area contributed by atoms with Gasteiger partial charge in [-0.15, -0.1) is 0 Å². The van der Waals surface area contributed by atoms with Crippen molar-refractivity contribution in [3.63, 3.8) is 0 Å². The van der Waals surface area contributed by atoms with Gasteiger partial charge in [-0.05, 0) is 43.2 Å².